The molecule has 1 aliphatic rings. The first kappa shape index (κ1) is 15.9. The lowest BCUT2D eigenvalue weighted by Crippen LogP contribution is -2.48. The molecule has 1 amide bonds. The van der Waals surface area contributed by atoms with Crippen molar-refractivity contribution >= 4 is 17.7 Å². The number of carboxylic acid groups (broad SMARTS) is 1. The van der Waals surface area contributed by atoms with Gasteiger partial charge in [0.15, 0.2) is 11.9 Å². The number of benzene rings is 1. The number of rotatable bonds is 4. The van der Waals surface area contributed by atoms with Crippen LogP contribution >= 0.6 is 0 Å². The molecule has 24 heavy (non-hydrogen) atoms. The number of carbonyl (C=O) groups excluding carboxylic acids is 2. The Morgan fingerprint density at radius 2 is 1.79 bits per heavy atom. The number of carboxylic acids is 1. The molecule has 1 aromatic carbocycles. The lowest BCUT2D eigenvalue weighted by atomic mass is 10.0. The van der Waals surface area contributed by atoms with Crippen molar-refractivity contribution in [2.75, 3.05) is 19.7 Å². The maximum atomic E-state index is 12.5. The normalized spacial score (nSPS) is 17.5. The molecule has 2 N–H and O–H groups in total. The molecule has 2 aromatic rings. The second-order valence-corrected chi connectivity index (χ2v) is 5.45. The fourth-order valence-corrected chi connectivity index (χ4v) is 2.56. The Labute approximate surface area is 137 Å². The predicted molar refractivity (Wildman–Crippen MR) is 83.9 cm³/mol. The van der Waals surface area contributed by atoms with E-state index in [1.165, 1.54) is 4.90 Å². The second kappa shape index (κ2) is 6.67. The monoisotopic (exact) mass is 328 g/mol. The Morgan fingerprint density at radius 3 is 2.42 bits per heavy atom. The fourth-order valence-electron chi connectivity index (χ4n) is 2.56. The van der Waals surface area contributed by atoms with Crippen molar-refractivity contribution in [1.82, 2.24) is 9.88 Å². The molecule has 0 aliphatic carbocycles. The number of aliphatic carboxylic acids is 1. The summed E-state index contributed by atoms with van der Waals surface area (Å²) in [5.41, 5.74) is 1.44. The average molecular weight is 328 g/mol. The van der Waals surface area contributed by atoms with E-state index < -0.39 is 12.1 Å². The van der Waals surface area contributed by atoms with Gasteiger partial charge in [-0.25, -0.2) is 4.79 Å². The van der Waals surface area contributed by atoms with Gasteiger partial charge in [-0.2, -0.15) is 0 Å². The molecule has 3 rings (SSSR count). The third kappa shape index (κ3) is 3.21. The fraction of sp³-hybridized carbons (Fsp3) is 0.235. The van der Waals surface area contributed by atoms with Gasteiger partial charge in [-0.1, -0.05) is 12.1 Å². The van der Waals surface area contributed by atoms with Crippen LogP contribution in [-0.4, -0.2) is 58.5 Å². The van der Waals surface area contributed by atoms with E-state index in [0.717, 1.165) is 0 Å². The standard InChI is InChI=1S/C17H16N2O5/c20-15(13-5-6-18-9-13)11-1-3-12(4-2-11)16(21)19-7-8-24-14(10-19)17(22)23/h1-6,9,14,18H,7-8,10H2,(H,22,23)/t14-/m0/s1. The smallest absolute Gasteiger partial charge is 0.334 e. The van der Waals surface area contributed by atoms with Crippen LogP contribution in [0.4, 0.5) is 0 Å². The maximum absolute atomic E-state index is 12.5. The molecule has 0 saturated carbocycles. The summed E-state index contributed by atoms with van der Waals surface area (Å²) in [7, 11) is 0. The number of aromatic amines is 1. The zero-order valence-electron chi connectivity index (χ0n) is 12.8. The summed E-state index contributed by atoms with van der Waals surface area (Å²) in [6.07, 6.45) is 2.28. The van der Waals surface area contributed by atoms with Crippen molar-refractivity contribution in [3.8, 4) is 0 Å². The van der Waals surface area contributed by atoms with Crippen LogP contribution in [0.5, 0.6) is 0 Å². The quantitative estimate of drug-likeness (QED) is 0.821. The number of H-pyrrole nitrogens is 1. The minimum absolute atomic E-state index is 0.0121. The van der Waals surface area contributed by atoms with E-state index >= 15 is 0 Å². The number of nitrogens with zero attached hydrogens (tertiary/aromatic N) is 1. The summed E-state index contributed by atoms with van der Waals surface area (Å²) in [6.45, 7) is 0.539. The van der Waals surface area contributed by atoms with Crippen molar-refractivity contribution in [2.45, 2.75) is 6.10 Å². The third-order valence-corrected chi connectivity index (χ3v) is 3.88. The van der Waals surface area contributed by atoms with E-state index in [4.69, 9.17) is 9.84 Å². The zero-order chi connectivity index (χ0) is 17.1. The van der Waals surface area contributed by atoms with Crippen molar-refractivity contribution in [3.63, 3.8) is 0 Å². The van der Waals surface area contributed by atoms with Gasteiger partial charge in [-0.05, 0) is 18.2 Å². The Kier molecular flexibility index (Phi) is 4.43. The number of aromatic nitrogens is 1. The van der Waals surface area contributed by atoms with Gasteiger partial charge in [0, 0.05) is 35.6 Å². The minimum Gasteiger partial charge on any atom is -0.479 e. The van der Waals surface area contributed by atoms with Gasteiger partial charge in [0.1, 0.15) is 0 Å². The molecule has 7 heteroatoms. The van der Waals surface area contributed by atoms with Crippen molar-refractivity contribution in [3.05, 3.63) is 59.4 Å². The first-order chi connectivity index (χ1) is 11.6. The summed E-state index contributed by atoms with van der Waals surface area (Å²) in [4.78, 5) is 39.9. The van der Waals surface area contributed by atoms with Crippen LogP contribution < -0.4 is 0 Å². The van der Waals surface area contributed by atoms with Crippen LogP contribution in [0, 0.1) is 0 Å². The van der Waals surface area contributed by atoms with Crippen molar-refractivity contribution < 1.29 is 24.2 Å². The third-order valence-electron chi connectivity index (χ3n) is 3.88. The van der Waals surface area contributed by atoms with Crippen LogP contribution in [-0.2, 0) is 9.53 Å². The Balaban J connectivity index is 1.72. The zero-order valence-corrected chi connectivity index (χ0v) is 12.8. The van der Waals surface area contributed by atoms with Gasteiger partial charge < -0.3 is 19.7 Å². The molecular formula is C17H16N2O5. The highest BCUT2D eigenvalue weighted by molar-refractivity contribution is 6.09. The van der Waals surface area contributed by atoms with E-state index in [9.17, 15) is 14.4 Å². The second-order valence-electron chi connectivity index (χ2n) is 5.45. The van der Waals surface area contributed by atoms with Crippen LogP contribution in [0.2, 0.25) is 0 Å². The molecule has 1 fully saturated rings. The Bertz CT molecular complexity index is 752. The molecule has 124 valence electrons. The van der Waals surface area contributed by atoms with Crippen LogP contribution in [0.3, 0.4) is 0 Å². The predicted octanol–water partition coefficient (Wildman–Crippen LogP) is 1.17. The molecule has 1 aromatic heterocycles. The van der Waals surface area contributed by atoms with Crippen LogP contribution in [0.15, 0.2) is 42.7 Å². The molecule has 0 spiro atoms. The molecule has 0 bridgehead atoms. The summed E-state index contributed by atoms with van der Waals surface area (Å²) in [6, 6.07) is 8.03. The van der Waals surface area contributed by atoms with Gasteiger partial charge in [0.25, 0.3) is 5.91 Å². The first-order valence-electron chi connectivity index (χ1n) is 7.47. The van der Waals surface area contributed by atoms with Gasteiger partial charge in [-0.3, -0.25) is 9.59 Å². The van der Waals surface area contributed by atoms with E-state index in [-0.39, 0.29) is 24.8 Å². The molecule has 7 nitrogen and oxygen atoms in total. The summed E-state index contributed by atoms with van der Waals surface area (Å²) in [5, 5.41) is 8.99. The van der Waals surface area contributed by atoms with Crippen LogP contribution in [0.25, 0.3) is 0 Å². The van der Waals surface area contributed by atoms with E-state index in [1.54, 1.807) is 42.7 Å². The summed E-state index contributed by atoms with van der Waals surface area (Å²) < 4.78 is 5.11. The molecule has 1 atom stereocenters. The topological polar surface area (TPSA) is 99.7 Å². The van der Waals surface area contributed by atoms with E-state index in [1.807, 2.05) is 0 Å². The number of amides is 1. The summed E-state index contributed by atoms with van der Waals surface area (Å²) in [5.74, 6) is -1.49. The SMILES string of the molecule is O=C(c1ccc(C(=O)N2CCO[C@H](C(=O)O)C2)cc1)c1cc[nH]c1. The lowest BCUT2D eigenvalue weighted by molar-refractivity contribution is -0.154. The maximum Gasteiger partial charge on any atom is 0.334 e. The van der Waals surface area contributed by atoms with E-state index in [0.29, 0.717) is 23.2 Å². The number of ketones is 1. The van der Waals surface area contributed by atoms with Gasteiger partial charge in [0.2, 0.25) is 0 Å². The highest BCUT2D eigenvalue weighted by atomic mass is 16.5. The number of morpholine rings is 1. The van der Waals surface area contributed by atoms with Crippen LogP contribution in [0.1, 0.15) is 26.3 Å². The number of hydrogen-bond donors (Lipinski definition) is 2. The van der Waals surface area contributed by atoms with Crippen molar-refractivity contribution in [2.24, 2.45) is 0 Å². The highest BCUT2D eigenvalue weighted by Gasteiger charge is 2.29. The van der Waals surface area contributed by atoms with Gasteiger partial charge in [0.05, 0.1) is 13.2 Å². The highest BCUT2D eigenvalue weighted by Crippen LogP contribution is 2.14. The molecule has 2 heterocycles. The Morgan fingerprint density at radius 1 is 1.08 bits per heavy atom. The molecule has 0 radical (unpaired) electrons. The van der Waals surface area contributed by atoms with Crippen molar-refractivity contribution in [1.29, 1.82) is 0 Å². The Hall–Kier alpha value is -2.93. The number of carbonyl (C=O) groups is 3. The minimum atomic E-state index is -1.08. The summed E-state index contributed by atoms with van der Waals surface area (Å²) >= 11 is 0. The lowest BCUT2D eigenvalue weighted by Gasteiger charge is -2.30. The average Bonchev–Trinajstić information content (AvgIpc) is 3.15. The van der Waals surface area contributed by atoms with Gasteiger partial charge in [-0.15, -0.1) is 0 Å². The molecule has 1 aliphatic heterocycles. The number of nitrogens with one attached hydrogen (secondary N) is 1. The number of hydrogen-bond acceptors (Lipinski definition) is 4. The van der Waals surface area contributed by atoms with E-state index in [2.05, 4.69) is 4.98 Å². The molecule has 1 saturated heterocycles. The first-order valence-corrected chi connectivity index (χ1v) is 7.47. The number of ether oxygens (including phenoxy) is 1. The van der Waals surface area contributed by atoms with Gasteiger partial charge >= 0.3 is 5.97 Å². The largest absolute Gasteiger partial charge is 0.479 e. The molecule has 0 unspecified atom stereocenters. The molecular weight excluding hydrogens is 312 g/mol.